The van der Waals surface area contributed by atoms with Crippen molar-refractivity contribution in [3.05, 3.63) is 267 Å². The van der Waals surface area contributed by atoms with E-state index in [4.69, 9.17) is 0 Å². The fourth-order valence-corrected chi connectivity index (χ4v) is 10.0. The number of benzene rings is 11. The second-order valence-corrected chi connectivity index (χ2v) is 16.8. The van der Waals surface area contributed by atoms with Gasteiger partial charge >= 0.3 is 0 Å². The first kappa shape index (κ1) is 38.9. The summed E-state index contributed by atoms with van der Waals surface area (Å²) in [5.74, 6) is 0. The number of rotatable bonds is 9. The molecule has 0 bridgehead atoms. The van der Waals surface area contributed by atoms with E-state index in [-0.39, 0.29) is 0 Å². The molecule has 0 aliphatic rings. The molecule has 0 aliphatic heterocycles. The van der Waals surface area contributed by atoms with Gasteiger partial charge in [-0.05, 0) is 97.7 Å². The third-order valence-corrected chi connectivity index (χ3v) is 13.0. The first-order valence-corrected chi connectivity index (χ1v) is 22.7. The van der Waals surface area contributed by atoms with E-state index in [9.17, 15) is 0 Å². The van der Waals surface area contributed by atoms with Crippen LogP contribution in [0.3, 0.4) is 0 Å². The predicted molar refractivity (Wildman–Crippen MR) is 280 cm³/mol. The van der Waals surface area contributed by atoms with E-state index >= 15 is 0 Å². The highest BCUT2D eigenvalue weighted by molar-refractivity contribution is 6.12. The molecule has 11 aromatic carbocycles. The van der Waals surface area contributed by atoms with E-state index < -0.39 is 0 Å². The lowest BCUT2D eigenvalue weighted by Crippen LogP contribution is -2.12. The van der Waals surface area contributed by atoms with Crippen LogP contribution >= 0.6 is 0 Å². The Morgan fingerprint density at radius 2 is 0.758 bits per heavy atom. The molecule has 2 heteroatoms. The fraction of sp³-hybridized carbons (Fsp3) is 0. The van der Waals surface area contributed by atoms with Crippen molar-refractivity contribution in [2.75, 3.05) is 4.90 Å². The molecule has 310 valence electrons. The molecule has 0 radical (unpaired) electrons. The summed E-state index contributed by atoms with van der Waals surface area (Å²) in [7, 11) is 0. The maximum atomic E-state index is 2.46. The minimum atomic E-state index is 1.07. The van der Waals surface area contributed by atoms with Crippen LogP contribution in [0.5, 0.6) is 0 Å². The second kappa shape index (κ2) is 16.8. The Balaban J connectivity index is 1.11. The third kappa shape index (κ3) is 6.84. The number of para-hydroxylation sites is 2. The lowest BCUT2D eigenvalue weighted by atomic mass is 9.87. The average Bonchev–Trinajstić information content (AvgIpc) is 3.73. The summed E-state index contributed by atoms with van der Waals surface area (Å²) < 4.78 is 2.46. The molecule has 1 heterocycles. The van der Waals surface area contributed by atoms with Crippen molar-refractivity contribution in [2.45, 2.75) is 0 Å². The molecule has 0 saturated heterocycles. The van der Waals surface area contributed by atoms with Gasteiger partial charge in [-0.2, -0.15) is 0 Å². The number of anilines is 3. The quantitative estimate of drug-likeness (QED) is 0.141. The van der Waals surface area contributed by atoms with Gasteiger partial charge in [0, 0.05) is 33.3 Å². The number of hydrogen-bond acceptors (Lipinski definition) is 1. The molecule has 0 spiro atoms. The molecule has 0 fully saturated rings. The van der Waals surface area contributed by atoms with Crippen LogP contribution in [0.25, 0.3) is 93.9 Å². The highest BCUT2D eigenvalue weighted by Gasteiger charge is 2.23. The molecule has 0 N–H and O–H groups in total. The van der Waals surface area contributed by atoms with Gasteiger partial charge < -0.3 is 9.47 Å². The molecule has 0 amide bonds. The SMILES string of the molecule is c1ccc(-c2ccccc2-n2c3ccccc3c3ccc(N(c4ccc(-c5c(-c6ccccc6)cccc5-c5ccccc5)cc4)c4ccc5ccccc5c4-c4ccccc4)cc32)cc1. The minimum absolute atomic E-state index is 1.07. The van der Waals surface area contributed by atoms with Gasteiger partial charge in [0.15, 0.2) is 0 Å². The van der Waals surface area contributed by atoms with Gasteiger partial charge in [-0.3, -0.25) is 0 Å². The van der Waals surface area contributed by atoms with Gasteiger partial charge in [0.05, 0.1) is 22.4 Å². The standard InChI is InChI=1S/C64H44N2/c1-5-20-45(21-6-1)53-29-15-17-34-59(53)66-60-35-18-16-31-57(60)58-42-41-52(44-62(58)66)65(61-43-38-48-26-13-14-30-56(48)64(61)49-27-11-4-12-28-49)51-39-36-50(37-40-51)63-54(46-22-7-2-8-23-46)32-19-33-55(63)47-24-9-3-10-25-47/h1-44H. The van der Waals surface area contributed by atoms with Crippen LogP contribution in [0.4, 0.5) is 17.1 Å². The molecule has 12 aromatic rings. The molecule has 66 heavy (non-hydrogen) atoms. The molecular formula is C64H44N2. The number of fused-ring (bicyclic) bond motifs is 4. The lowest BCUT2D eigenvalue weighted by Gasteiger charge is -2.29. The zero-order chi connectivity index (χ0) is 43.8. The normalized spacial score (nSPS) is 11.3. The number of nitrogens with zero attached hydrogens (tertiary/aromatic N) is 2. The molecule has 12 rings (SSSR count). The van der Waals surface area contributed by atoms with E-state index in [1.807, 2.05) is 0 Å². The Hall–Kier alpha value is -8.72. The monoisotopic (exact) mass is 840 g/mol. The van der Waals surface area contributed by atoms with E-state index in [0.29, 0.717) is 0 Å². The van der Waals surface area contributed by atoms with Gasteiger partial charge in [0.2, 0.25) is 0 Å². The fourth-order valence-electron chi connectivity index (χ4n) is 10.0. The first-order valence-electron chi connectivity index (χ1n) is 22.7. The predicted octanol–water partition coefficient (Wildman–Crippen LogP) is 17.7. The topological polar surface area (TPSA) is 8.17 Å². The van der Waals surface area contributed by atoms with Gasteiger partial charge in [0.1, 0.15) is 0 Å². The molecule has 1 aromatic heterocycles. The maximum absolute atomic E-state index is 2.46. The number of aromatic nitrogens is 1. The Kier molecular flexibility index (Phi) is 9.89. The summed E-state index contributed by atoms with van der Waals surface area (Å²) in [6.07, 6.45) is 0. The Bertz CT molecular complexity index is 3610. The van der Waals surface area contributed by atoms with Crippen LogP contribution in [0.2, 0.25) is 0 Å². The zero-order valence-corrected chi connectivity index (χ0v) is 36.3. The number of hydrogen-bond donors (Lipinski definition) is 0. The van der Waals surface area contributed by atoms with E-state index in [1.165, 1.54) is 77.1 Å². The van der Waals surface area contributed by atoms with Gasteiger partial charge in [0.25, 0.3) is 0 Å². The molecule has 0 saturated carbocycles. The lowest BCUT2D eigenvalue weighted by molar-refractivity contribution is 1.18. The van der Waals surface area contributed by atoms with Crippen LogP contribution in [-0.4, -0.2) is 4.57 Å². The van der Waals surface area contributed by atoms with Crippen molar-refractivity contribution in [3.8, 4) is 61.3 Å². The van der Waals surface area contributed by atoms with Crippen LogP contribution in [0.1, 0.15) is 0 Å². The van der Waals surface area contributed by atoms with Gasteiger partial charge in [-0.25, -0.2) is 0 Å². The Morgan fingerprint density at radius 1 is 0.273 bits per heavy atom. The summed E-state index contributed by atoms with van der Waals surface area (Å²) in [4.78, 5) is 2.46. The van der Waals surface area contributed by atoms with Gasteiger partial charge in [-0.1, -0.05) is 224 Å². The molecule has 2 nitrogen and oxygen atoms in total. The molecule has 0 atom stereocenters. The second-order valence-electron chi connectivity index (χ2n) is 16.8. The highest BCUT2D eigenvalue weighted by atomic mass is 15.1. The van der Waals surface area contributed by atoms with Crippen molar-refractivity contribution in [1.82, 2.24) is 4.57 Å². The summed E-state index contributed by atoms with van der Waals surface area (Å²) >= 11 is 0. The minimum Gasteiger partial charge on any atom is -0.310 e. The van der Waals surface area contributed by atoms with Crippen molar-refractivity contribution >= 4 is 49.6 Å². The Morgan fingerprint density at radius 3 is 1.42 bits per heavy atom. The maximum Gasteiger partial charge on any atom is 0.0562 e. The zero-order valence-electron chi connectivity index (χ0n) is 36.3. The largest absolute Gasteiger partial charge is 0.310 e. The molecule has 0 unspecified atom stereocenters. The average molecular weight is 841 g/mol. The van der Waals surface area contributed by atoms with Gasteiger partial charge in [-0.15, -0.1) is 0 Å². The van der Waals surface area contributed by atoms with Crippen LogP contribution in [0.15, 0.2) is 267 Å². The summed E-state index contributed by atoms with van der Waals surface area (Å²) in [5.41, 5.74) is 18.6. The van der Waals surface area contributed by atoms with Crippen molar-refractivity contribution in [3.63, 3.8) is 0 Å². The summed E-state index contributed by atoms with van der Waals surface area (Å²) in [6.45, 7) is 0. The molecular weight excluding hydrogens is 797 g/mol. The Labute approximate surface area is 385 Å². The van der Waals surface area contributed by atoms with E-state index in [1.54, 1.807) is 0 Å². The first-order chi connectivity index (χ1) is 32.8. The van der Waals surface area contributed by atoms with Crippen molar-refractivity contribution in [1.29, 1.82) is 0 Å². The highest BCUT2D eigenvalue weighted by Crippen LogP contribution is 2.47. The van der Waals surface area contributed by atoms with Crippen LogP contribution < -0.4 is 4.90 Å². The summed E-state index contributed by atoms with van der Waals surface area (Å²) in [6, 6.07) is 97.0. The van der Waals surface area contributed by atoms with Crippen LogP contribution in [0, 0.1) is 0 Å². The third-order valence-electron chi connectivity index (χ3n) is 13.0. The van der Waals surface area contributed by atoms with Crippen molar-refractivity contribution < 1.29 is 0 Å². The van der Waals surface area contributed by atoms with Crippen molar-refractivity contribution in [2.24, 2.45) is 0 Å². The van der Waals surface area contributed by atoms with Crippen LogP contribution in [-0.2, 0) is 0 Å². The smallest absolute Gasteiger partial charge is 0.0562 e. The van der Waals surface area contributed by atoms with E-state index in [2.05, 4.69) is 276 Å². The molecule has 0 aliphatic carbocycles. The van der Waals surface area contributed by atoms with E-state index in [0.717, 1.165) is 33.8 Å². The summed E-state index contributed by atoms with van der Waals surface area (Å²) in [5, 5.41) is 4.84.